The molecule has 0 amide bonds. The summed E-state index contributed by atoms with van der Waals surface area (Å²) in [7, 11) is 0. The van der Waals surface area contributed by atoms with Gasteiger partial charge in [-0.25, -0.2) is 0 Å². The maximum Gasteiger partial charge on any atom is 0.302 e. The molecule has 0 aromatic carbocycles. The second-order valence-corrected chi connectivity index (χ2v) is 4.17. The van der Waals surface area contributed by atoms with E-state index in [0.29, 0.717) is 11.8 Å². The van der Waals surface area contributed by atoms with Gasteiger partial charge in [-0.15, -0.1) is 0 Å². The maximum atomic E-state index is 11.0. The molecule has 0 fully saturated rings. The minimum absolute atomic E-state index is 0.0949. The third-order valence-corrected chi connectivity index (χ3v) is 2.82. The van der Waals surface area contributed by atoms with Crippen molar-refractivity contribution < 1.29 is 9.53 Å². The fourth-order valence-electron chi connectivity index (χ4n) is 1.97. The summed E-state index contributed by atoms with van der Waals surface area (Å²) < 4.78 is 5.38. The van der Waals surface area contributed by atoms with Crippen LogP contribution in [0.5, 0.6) is 0 Å². The van der Waals surface area contributed by atoms with Gasteiger partial charge in [0.15, 0.2) is 0 Å². The lowest BCUT2D eigenvalue weighted by Gasteiger charge is -2.32. The van der Waals surface area contributed by atoms with Crippen LogP contribution in [-0.2, 0) is 9.53 Å². The van der Waals surface area contributed by atoms with Crippen molar-refractivity contribution in [2.75, 3.05) is 0 Å². The van der Waals surface area contributed by atoms with E-state index in [1.165, 1.54) is 6.92 Å². The Kier molecular flexibility index (Phi) is 4.18. The number of carbonyl (C=O) groups excluding carboxylic acids is 1. The topological polar surface area (TPSA) is 26.3 Å². The van der Waals surface area contributed by atoms with E-state index in [0.717, 1.165) is 19.3 Å². The molecule has 3 atom stereocenters. The standard InChI is InChI=1S/C12H20O2/c1-4-6-9(2)12(14-10(3)13)11-7-5-8-11/h5,7,9,11-12H,4,6,8H2,1-3H3. The van der Waals surface area contributed by atoms with Crippen molar-refractivity contribution in [1.82, 2.24) is 0 Å². The number of hydrogen-bond donors (Lipinski definition) is 0. The molecular weight excluding hydrogens is 176 g/mol. The zero-order chi connectivity index (χ0) is 10.6. The van der Waals surface area contributed by atoms with Crippen molar-refractivity contribution in [1.29, 1.82) is 0 Å². The molecule has 1 rings (SSSR count). The Balaban J connectivity index is 2.51. The van der Waals surface area contributed by atoms with Gasteiger partial charge in [0.05, 0.1) is 0 Å². The van der Waals surface area contributed by atoms with Crippen LogP contribution in [0.25, 0.3) is 0 Å². The van der Waals surface area contributed by atoms with Crippen LogP contribution in [-0.4, -0.2) is 12.1 Å². The van der Waals surface area contributed by atoms with Crippen LogP contribution in [0.15, 0.2) is 12.2 Å². The number of carbonyl (C=O) groups is 1. The van der Waals surface area contributed by atoms with Gasteiger partial charge in [0.1, 0.15) is 6.10 Å². The molecule has 0 N–H and O–H groups in total. The molecule has 0 saturated heterocycles. The van der Waals surface area contributed by atoms with E-state index in [9.17, 15) is 4.79 Å². The monoisotopic (exact) mass is 196 g/mol. The summed E-state index contributed by atoms with van der Waals surface area (Å²) in [5.41, 5.74) is 0. The number of esters is 1. The van der Waals surface area contributed by atoms with Crippen LogP contribution < -0.4 is 0 Å². The van der Waals surface area contributed by atoms with Crippen molar-refractivity contribution in [2.45, 2.75) is 46.1 Å². The Morgan fingerprint density at radius 3 is 2.64 bits per heavy atom. The van der Waals surface area contributed by atoms with Crippen molar-refractivity contribution in [3.63, 3.8) is 0 Å². The van der Waals surface area contributed by atoms with Gasteiger partial charge in [-0.2, -0.15) is 0 Å². The molecule has 1 aliphatic rings. The van der Waals surface area contributed by atoms with Crippen molar-refractivity contribution >= 4 is 5.97 Å². The smallest absolute Gasteiger partial charge is 0.302 e. The quantitative estimate of drug-likeness (QED) is 0.499. The van der Waals surface area contributed by atoms with E-state index in [4.69, 9.17) is 4.74 Å². The Bertz CT molecular complexity index is 220. The summed E-state index contributed by atoms with van der Waals surface area (Å²) in [6.07, 6.45) is 7.72. The lowest BCUT2D eigenvalue weighted by atomic mass is 9.82. The first-order chi connectivity index (χ1) is 6.65. The van der Waals surface area contributed by atoms with Crippen LogP contribution in [0.4, 0.5) is 0 Å². The van der Waals surface area contributed by atoms with Gasteiger partial charge < -0.3 is 4.74 Å². The van der Waals surface area contributed by atoms with E-state index in [1.54, 1.807) is 0 Å². The second kappa shape index (κ2) is 5.18. The molecule has 0 radical (unpaired) electrons. The van der Waals surface area contributed by atoms with Gasteiger partial charge in [0.25, 0.3) is 0 Å². The van der Waals surface area contributed by atoms with E-state index in [-0.39, 0.29) is 12.1 Å². The third kappa shape index (κ3) is 2.86. The highest BCUT2D eigenvalue weighted by Crippen LogP contribution is 2.30. The van der Waals surface area contributed by atoms with Crippen molar-refractivity contribution in [3.8, 4) is 0 Å². The highest BCUT2D eigenvalue weighted by molar-refractivity contribution is 5.66. The average Bonchev–Trinajstić information content (AvgIpc) is 1.99. The fraction of sp³-hybridized carbons (Fsp3) is 0.750. The lowest BCUT2D eigenvalue weighted by molar-refractivity contribution is -0.151. The van der Waals surface area contributed by atoms with Gasteiger partial charge in [0.2, 0.25) is 0 Å². The number of ether oxygens (including phenoxy) is 1. The molecule has 0 aromatic heterocycles. The molecule has 3 unspecified atom stereocenters. The molecule has 0 saturated carbocycles. The fourth-order valence-corrected chi connectivity index (χ4v) is 1.97. The Labute approximate surface area is 86.3 Å². The highest BCUT2D eigenvalue weighted by Gasteiger charge is 2.29. The molecule has 80 valence electrons. The van der Waals surface area contributed by atoms with E-state index >= 15 is 0 Å². The predicted octanol–water partition coefficient (Wildman–Crippen LogP) is 2.93. The summed E-state index contributed by atoms with van der Waals surface area (Å²) in [4.78, 5) is 11.0. The predicted molar refractivity (Wildman–Crippen MR) is 56.9 cm³/mol. The number of hydrogen-bond acceptors (Lipinski definition) is 2. The molecule has 0 heterocycles. The van der Waals surface area contributed by atoms with Gasteiger partial charge in [-0.3, -0.25) is 4.79 Å². The zero-order valence-corrected chi connectivity index (χ0v) is 9.32. The van der Waals surface area contributed by atoms with Crippen molar-refractivity contribution in [2.24, 2.45) is 11.8 Å². The summed E-state index contributed by atoms with van der Waals surface area (Å²) in [6, 6.07) is 0. The summed E-state index contributed by atoms with van der Waals surface area (Å²) in [5.74, 6) is 0.776. The Morgan fingerprint density at radius 2 is 2.29 bits per heavy atom. The molecule has 1 aliphatic carbocycles. The van der Waals surface area contributed by atoms with Gasteiger partial charge >= 0.3 is 5.97 Å². The SMILES string of the molecule is CCCC(C)C(OC(C)=O)C1C=CC1. The third-order valence-electron chi connectivity index (χ3n) is 2.82. The number of allylic oxidation sites excluding steroid dienone is 1. The van der Waals surface area contributed by atoms with Gasteiger partial charge in [0, 0.05) is 12.8 Å². The van der Waals surface area contributed by atoms with E-state index in [1.807, 2.05) is 0 Å². The first kappa shape index (κ1) is 11.3. The van der Waals surface area contributed by atoms with Crippen molar-refractivity contribution in [3.05, 3.63) is 12.2 Å². The molecule has 14 heavy (non-hydrogen) atoms. The van der Waals surface area contributed by atoms with Crippen LogP contribution in [0.2, 0.25) is 0 Å². The van der Waals surface area contributed by atoms with Crippen LogP contribution in [0.1, 0.15) is 40.0 Å². The highest BCUT2D eigenvalue weighted by atomic mass is 16.5. The molecule has 2 nitrogen and oxygen atoms in total. The van der Waals surface area contributed by atoms with Crippen LogP contribution in [0.3, 0.4) is 0 Å². The molecule has 2 heteroatoms. The average molecular weight is 196 g/mol. The van der Waals surface area contributed by atoms with Gasteiger partial charge in [-0.1, -0.05) is 32.4 Å². The summed E-state index contributed by atoms with van der Waals surface area (Å²) in [6.45, 7) is 5.83. The first-order valence-electron chi connectivity index (χ1n) is 5.49. The minimum atomic E-state index is -0.154. The largest absolute Gasteiger partial charge is 0.462 e. The van der Waals surface area contributed by atoms with Crippen LogP contribution >= 0.6 is 0 Å². The van der Waals surface area contributed by atoms with E-state index in [2.05, 4.69) is 26.0 Å². The minimum Gasteiger partial charge on any atom is -0.462 e. The lowest BCUT2D eigenvalue weighted by Crippen LogP contribution is -2.33. The normalized spacial score (nSPS) is 23.8. The Morgan fingerprint density at radius 1 is 1.64 bits per heavy atom. The molecule has 0 aromatic rings. The first-order valence-corrected chi connectivity index (χ1v) is 5.49. The maximum absolute atomic E-state index is 11.0. The summed E-state index contributed by atoms with van der Waals surface area (Å²) >= 11 is 0. The second-order valence-electron chi connectivity index (χ2n) is 4.17. The summed E-state index contributed by atoms with van der Waals surface area (Å²) in [5, 5.41) is 0. The molecule has 0 spiro atoms. The molecule has 0 aliphatic heterocycles. The number of rotatable bonds is 5. The molecule has 0 bridgehead atoms. The van der Waals surface area contributed by atoms with Crippen LogP contribution in [0, 0.1) is 11.8 Å². The zero-order valence-electron chi connectivity index (χ0n) is 9.32. The van der Waals surface area contributed by atoms with E-state index < -0.39 is 0 Å². The van der Waals surface area contributed by atoms with Gasteiger partial charge in [-0.05, 0) is 18.8 Å². The Hall–Kier alpha value is -0.790. The molecular formula is C12H20O2.